The molecule has 3 amide bonds. The van der Waals surface area contributed by atoms with E-state index in [2.05, 4.69) is 0 Å². The lowest BCUT2D eigenvalue weighted by molar-refractivity contribution is -0.132. The number of carbonyl (C=O) groups excluding carboxylic acids is 2. The summed E-state index contributed by atoms with van der Waals surface area (Å²) in [5, 5.41) is 0. The number of urea groups is 1. The van der Waals surface area contributed by atoms with Gasteiger partial charge in [0.2, 0.25) is 0 Å². The van der Waals surface area contributed by atoms with Crippen LogP contribution in [0, 0.1) is 0 Å². The van der Waals surface area contributed by atoms with Gasteiger partial charge in [-0.2, -0.15) is 0 Å². The van der Waals surface area contributed by atoms with Crippen LogP contribution in [0.4, 0.5) is 4.79 Å². The average Bonchev–Trinajstić information content (AvgIpc) is 3.39. The first-order valence-corrected chi connectivity index (χ1v) is 8.02. The van der Waals surface area contributed by atoms with Crippen LogP contribution >= 0.6 is 0 Å². The summed E-state index contributed by atoms with van der Waals surface area (Å²) in [5.41, 5.74) is -0.851. The van der Waals surface area contributed by atoms with E-state index in [1.54, 1.807) is 18.7 Å². The zero-order valence-electron chi connectivity index (χ0n) is 13.7. The van der Waals surface area contributed by atoms with Crippen molar-refractivity contribution in [2.45, 2.75) is 31.6 Å². The van der Waals surface area contributed by atoms with Crippen LogP contribution in [0.1, 0.15) is 13.8 Å². The molecule has 0 saturated carbocycles. The van der Waals surface area contributed by atoms with E-state index in [4.69, 9.17) is 18.9 Å². The highest BCUT2D eigenvalue weighted by molar-refractivity contribution is 6.06. The second-order valence-electron chi connectivity index (χ2n) is 6.51. The van der Waals surface area contributed by atoms with Gasteiger partial charge in [0.05, 0.1) is 46.2 Å². The van der Waals surface area contributed by atoms with Gasteiger partial charge >= 0.3 is 6.03 Å². The van der Waals surface area contributed by atoms with Gasteiger partial charge in [0, 0.05) is 6.54 Å². The molecule has 3 rings (SSSR count). The Morgan fingerprint density at radius 2 is 1.57 bits per heavy atom. The van der Waals surface area contributed by atoms with Crippen LogP contribution in [0.2, 0.25) is 0 Å². The van der Waals surface area contributed by atoms with Crippen LogP contribution < -0.4 is 0 Å². The first-order chi connectivity index (χ1) is 11.0. The maximum Gasteiger partial charge on any atom is 0.327 e. The quantitative estimate of drug-likeness (QED) is 0.315. The summed E-state index contributed by atoms with van der Waals surface area (Å²) in [5.74, 6) is -0.195. The molecule has 0 spiro atoms. The Balaban J connectivity index is 1.45. The minimum Gasteiger partial charge on any atom is -0.377 e. The standard InChI is InChI=1S/C15H24N2O6/c1-15(2)13(18)16(3-5-20-7-11-9-22-11)14(19)17(15)4-6-21-8-12-10-23-12/h11-12H,3-10H2,1-2H3. The minimum absolute atomic E-state index is 0.181. The second-order valence-corrected chi connectivity index (χ2v) is 6.51. The van der Waals surface area contributed by atoms with Gasteiger partial charge in [0.1, 0.15) is 17.7 Å². The first kappa shape index (κ1) is 16.6. The summed E-state index contributed by atoms with van der Waals surface area (Å²) < 4.78 is 21.0. The largest absolute Gasteiger partial charge is 0.377 e. The van der Waals surface area contributed by atoms with Crippen molar-refractivity contribution in [2.24, 2.45) is 0 Å². The van der Waals surface area contributed by atoms with Crippen molar-refractivity contribution >= 4 is 11.9 Å². The molecule has 0 radical (unpaired) electrons. The minimum atomic E-state index is -0.851. The molecule has 3 aliphatic heterocycles. The summed E-state index contributed by atoms with van der Waals surface area (Å²) >= 11 is 0. The molecular weight excluding hydrogens is 304 g/mol. The molecule has 3 saturated heterocycles. The third-order valence-corrected chi connectivity index (χ3v) is 4.24. The lowest BCUT2D eigenvalue weighted by Crippen LogP contribution is -2.45. The van der Waals surface area contributed by atoms with Crippen LogP contribution in [-0.4, -0.2) is 92.2 Å². The topological polar surface area (TPSA) is 84.1 Å². The molecule has 0 aromatic carbocycles. The molecule has 3 aliphatic rings. The van der Waals surface area contributed by atoms with Crippen molar-refractivity contribution in [1.82, 2.24) is 9.80 Å². The molecule has 0 aromatic heterocycles. The second kappa shape index (κ2) is 6.72. The Kier molecular flexibility index (Phi) is 4.86. The molecule has 23 heavy (non-hydrogen) atoms. The summed E-state index contributed by atoms with van der Waals surface area (Å²) in [6.07, 6.45) is 0.378. The summed E-state index contributed by atoms with van der Waals surface area (Å²) in [4.78, 5) is 27.8. The molecular formula is C15H24N2O6. The summed E-state index contributed by atoms with van der Waals surface area (Å²) in [6, 6.07) is -0.280. The molecule has 0 aromatic rings. The Morgan fingerprint density at radius 3 is 2.09 bits per heavy atom. The Labute approximate surface area is 135 Å². The number of nitrogens with zero attached hydrogens (tertiary/aromatic N) is 2. The lowest BCUT2D eigenvalue weighted by atomic mass is 10.0. The van der Waals surface area contributed by atoms with Crippen LogP contribution in [0.25, 0.3) is 0 Å². The monoisotopic (exact) mass is 328 g/mol. The number of hydrogen-bond donors (Lipinski definition) is 0. The van der Waals surface area contributed by atoms with E-state index < -0.39 is 5.54 Å². The van der Waals surface area contributed by atoms with E-state index in [1.165, 1.54) is 4.90 Å². The van der Waals surface area contributed by atoms with Crippen LogP contribution in [-0.2, 0) is 23.7 Å². The third-order valence-electron chi connectivity index (χ3n) is 4.24. The highest BCUT2D eigenvalue weighted by Crippen LogP contribution is 2.27. The van der Waals surface area contributed by atoms with Crippen molar-refractivity contribution < 1.29 is 28.5 Å². The van der Waals surface area contributed by atoms with Crippen LogP contribution in [0.15, 0.2) is 0 Å². The molecule has 130 valence electrons. The van der Waals surface area contributed by atoms with Crippen LogP contribution in [0.5, 0.6) is 0 Å². The smallest absolute Gasteiger partial charge is 0.327 e. The summed E-state index contributed by atoms with van der Waals surface area (Å²) in [6.45, 7) is 7.42. The van der Waals surface area contributed by atoms with Crippen molar-refractivity contribution in [3.8, 4) is 0 Å². The number of amides is 3. The molecule has 0 aliphatic carbocycles. The van der Waals surface area contributed by atoms with Gasteiger partial charge < -0.3 is 23.8 Å². The Morgan fingerprint density at radius 1 is 1.04 bits per heavy atom. The summed E-state index contributed by atoms with van der Waals surface area (Å²) in [7, 11) is 0. The normalized spacial score (nSPS) is 28.6. The van der Waals surface area contributed by atoms with Gasteiger partial charge in [0.15, 0.2) is 0 Å². The number of ether oxygens (including phenoxy) is 4. The van der Waals surface area contributed by atoms with E-state index in [-0.39, 0.29) is 30.7 Å². The number of epoxide rings is 2. The number of imide groups is 1. The fourth-order valence-corrected chi connectivity index (χ4v) is 2.56. The van der Waals surface area contributed by atoms with Gasteiger partial charge in [-0.3, -0.25) is 9.69 Å². The van der Waals surface area contributed by atoms with E-state index in [0.717, 1.165) is 13.2 Å². The molecule has 0 N–H and O–H groups in total. The van der Waals surface area contributed by atoms with Crippen molar-refractivity contribution in [2.75, 3.05) is 52.7 Å². The Bertz CT molecular complexity index is 461. The zero-order valence-corrected chi connectivity index (χ0v) is 13.7. The fourth-order valence-electron chi connectivity index (χ4n) is 2.56. The number of hydrogen-bond acceptors (Lipinski definition) is 6. The first-order valence-electron chi connectivity index (χ1n) is 8.02. The van der Waals surface area contributed by atoms with Gasteiger partial charge in [-0.25, -0.2) is 4.79 Å². The highest BCUT2D eigenvalue weighted by Gasteiger charge is 2.50. The maximum atomic E-state index is 12.5. The lowest BCUT2D eigenvalue weighted by Gasteiger charge is -2.27. The van der Waals surface area contributed by atoms with Gasteiger partial charge in [-0.05, 0) is 13.8 Å². The van der Waals surface area contributed by atoms with Gasteiger partial charge in [-0.1, -0.05) is 0 Å². The van der Waals surface area contributed by atoms with Gasteiger partial charge in [-0.15, -0.1) is 0 Å². The van der Waals surface area contributed by atoms with Crippen LogP contribution in [0.3, 0.4) is 0 Å². The molecule has 8 nitrogen and oxygen atoms in total. The highest BCUT2D eigenvalue weighted by atomic mass is 16.6. The fraction of sp³-hybridized carbons (Fsp3) is 0.867. The van der Waals surface area contributed by atoms with E-state index in [0.29, 0.717) is 33.0 Å². The van der Waals surface area contributed by atoms with Crippen molar-refractivity contribution in [3.63, 3.8) is 0 Å². The van der Waals surface area contributed by atoms with Crippen molar-refractivity contribution in [1.29, 1.82) is 0 Å². The molecule has 8 heteroatoms. The van der Waals surface area contributed by atoms with E-state index in [1.807, 2.05) is 0 Å². The molecule has 2 atom stereocenters. The molecule has 2 unspecified atom stereocenters. The predicted molar refractivity (Wildman–Crippen MR) is 79.0 cm³/mol. The van der Waals surface area contributed by atoms with E-state index in [9.17, 15) is 9.59 Å². The Hall–Kier alpha value is -1.22. The van der Waals surface area contributed by atoms with Crippen molar-refractivity contribution in [3.05, 3.63) is 0 Å². The average molecular weight is 328 g/mol. The third kappa shape index (κ3) is 4.00. The number of rotatable bonds is 10. The molecule has 0 bridgehead atoms. The number of carbonyl (C=O) groups is 2. The maximum absolute atomic E-state index is 12.5. The van der Waals surface area contributed by atoms with E-state index >= 15 is 0 Å². The molecule has 3 fully saturated rings. The SMILES string of the molecule is CC1(C)C(=O)N(CCOCC2CO2)C(=O)N1CCOCC1CO1. The molecule has 3 heterocycles. The predicted octanol–water partition coefficient (Wildman–Crippen LogP) is -0.140. The zero-order chi connectivity index (χ0) is 16.4. The van der Waals surface area contributed by atoms with Gasteiger partial charge in [0.25, 0.3) is 5.91 Å².